The van der Waals surface area contributed by atoms with Crippen molar-refractivity contribution >= 4 is 17.6 Å². The topological polar surface area (TPSA) is 54.9 Å². The highest BCUT2D eigenvalue weighted by Gasteiger charge is 2.15. The number of ether oxygens (including phenoxy) is 2. The SMILES string of the molecule is CN=C(NCCCOCC1CCOC1)NCc1ccc(F)c(Cl)c1. The zero-order valence-electron chi connectivity index (χ0n) is 14.0. The third kappa shape index (κ3) is 6.63. The van der Waals surface area contributed by atoms with Crippen LogP contribution in [0.25, 0.3) is 0 Å². The molecule has 0 amide bonds. The van der Waals surface area contributed by atoms with Crippen LogP contribution in [-0.2, 0) is 16.0 Å². The van der Waals surface area contributed by atoms with Gasteiger partial charge in [-0.3, -0.25) is 4.99 Å². The third-order valence-electron chi connectivity index (χ3n) is 3.80. The Labute approximate surface area is 147 Å². The fraction of sp³-hybridized carbons (Fsp3) is 0.588. The fourth-order valence-corrected chi connectivity index (χ4v) is 2.60. The number of nitrogens with one attached hydrogen (secondary N) is 2. The van der Waals surface area contributed by atoms with E-state index in [9.17, 15) is 4.39 Å². The molecule has 0 saturated carbocycles. The van der Waals surface area contributed by atoms with Gasteiger partial charge in [-0.2, -0.15) is 0 Å². The minimum Gasteiger partial charge on any atom is -0.381 e. The van der Waals surface area contributed by atoms with Gasteiger partial charge in [-0.1, -0.05) is 17.7 Å². The smallest absolute Gasteiger partial charge is 0.191 e. The molecule has 1 aromatic rings. The predicted molar refractivity (Wildman–Crippen MR) is 94.0 cm³/mol. The molecular formula is C17H25ClFN3O2. The molecular weight excluding hydrogens is 333 g/mol. The standard InChI is InChI=1S/C17H25ClFN3O2/c1-20-17(22-10-13-3-4-16(19)15(18)9-13)21-6-2-7-23-11-14-5-8-24-12-14/h3-4,9,14H,2,5-8,10-12H2,1H3,(H2,20,21,22). The maximum absolute atomic E-state index is 13.1. The molecule has 134 valence electrons. The number of rotatable bonds is 8. The second-order valence-electron chi connectivity index (χ2n) is 5.76. The molecule has 0 bridgehead atoms. The molecule has 2 rings (SSSR count). The quantitative estimate of drug-likeness (QED) is 0.426. The predicted octanol–water partition coefficient (Wildman–Crippen LogP) is 2.59. The summed E-state index contributed by atoms with van der Waals surface area (Å²) in [5.41, 5.74) is 0.895. The molecule has 1 unspecified atom stereocenters. The van der Waals surface area contributed by atoms with Crippen molar-refractivity contribution in [2.24, 2.45) is 10.9 Å². The van der Waals surface area contributed by atoms with Crippen LogP contribution in [0, 0.1) is 11.7 Å². The van der Waals surface area contributed by atoms with Crippen LogP contribution in [-0.4, -0.2) is 46.0 Å². The highest BCUT2D eigenvalue weighted by molar-refractivity contribution is 6.30. The van der Waals surface area contributed by atoms with Crippen molar-refractivity contribution in [2.75, 3.05) is 40.0 Å². The van der Waals surface area contributed by atoms with Gasteiger partial charge in [0.2, 0.25) is 0 Å². The summed E-state index contributed by atoms with van der Waals surface area (Å²) in [6.07, 6.45) is 2.00. The molecule has 7 heteroatoms. The molecule has 0 aliphatic carbocycles. The van der Waals surface area contributed by atoms with Crippen molar-refractivity contribution in [3.05, 3.63) is 34.6 Å². The van der Waals surface area contributed by atoms with Crippen molar-refractivity contribution in [3.63, 3.8) is 0 Å². The Hall–Kier alpha value is -1.37. The zero-order valence-corrected chi connectivity index (χ0v) is 14.7. The number of halogens is 2. The highest BCUT2D eigenvalue weighted by Crippen LogP contribution is 2.15. The Kier molecular flexibility index (Phi) is 8.28. The second kappa shape index (κ2) is 10.5. The third-order valence-corrected chi connectivity index (χ3v) is 4.09. The number of nitrogens with zero attached hydrogens (tertiary/aromatic N) is 1. The average molecular weight is 358 g/mol. The lowest BCUT2D eigenvalue weighted by Gasteiger charge is -2.13. The molecule has 1 aliphatic rings. The van der Waals surface area contributed by atoms with Gasteiger partial charge in [-0.15, -0.1) is 0 Å². The zero-order chi connectivity index (χ0) is 17.2. The van der Waals surface area contributed by atoms with Crippen molar-refractivity contribution in [2.45, 2.75) is 19.4 Å². The van der Waals surface area contributed by atoms with Crippen LogP contribution in [0.15, 0.2) is 23.2 Å². The van der Waals surface area contributed by atoms with Gasteiger partial charge in [-0.25, -0.2) is 4.39 Å². The lowest BCUT2D eigenvalue weighted by Crippen LogP contribution is -2.37. The first-order valence-electron chi connectivity index (χ1n) is 8.23. The van der Waals surface area contributed by atoms with Crippen molar-refractivity contribution in [1.29, 1.82) is 0 Å². The lowest BCUT2D eigenvalue weighted by molar-refractivity contribution is 0.0888. The summed E-state index contributed by atoms with van der Waals surface area (Å²) in [6, 6.07) is 4.67. The number of guanidine groups is 1. The molecule has 2 N–H and O–H groups in total. The van der Waals surface area contributed by atoms with E-state index in [0.29, 0.717) is 25.0 Å². The first-order valence-corrected chi connectivity index (χ1v) is 8.60. The summed E-state index contributed by atoms with van der Waals surface area (Å²) in [6.45, 7) is 4.47. The van der Waals surface area contributed by atoms with E-state index in [0.717, 1.165) is 44.8 Å². The Morgan fingerprint density at radius 3 is 3.04 bits per heavy atom. The van der Waals surface area contributed by atoms with Crippen molar-refractivity contribution in [1.82, 2.24) is 10.6 Å². The molecule has 1 aromatic carbocycles. The first-order chi connectivity index (χ1) is 11.7. The molecule has 1 saturated heterocycles. The molecule has 1 atom stereocenters. The minimum atomic E-state index is -0.410. The van der Waals surface area contributed by atoms with Gasteiger partial charge in [0.25, 0.3) is 0 Å². The van der Waals surface area contributed by atoms with Crippen LogP contribution >= 0.6 is 11.6 Å². The van der Waals surface area contributed by atoms with Crippen molar-refractivity contribution < 1.29 is 13.9 Å². The van der Waals surface area contributed by atoms with Gasteiger partial charge in [0.15, 0.2) is 5.96 Å². The fourth-order valence-electron chi connectivity index (χ4n) is 2.40. The summed E-state index contributed by atoms with van der Waals surface area (Å²) in [5, 5.41) is 6.52. The molecule has 24 heavy (non-hydrogen) atoms. The van der Waals surface area contributed by atoms with Crippen molar-refractivity contribution in [3.8, 4) is 0 Å². The van der Waals surface area contributed by atoms with E-state index in [4.69, 9.17) is 21.1 Å². The summed E-state index contributed by atoms with van der Waals surface area (Å²) in [4.78, 5) is 4.15. The van der Waals surface area contributed by atoms with Gasteiger partial charge in [-0.05, 0) is 30.5 Å². The average Bonchev–Trinajstić information content (AvgIpc) is 3.10. The molecule has 5 nitrogen and oxygen atoms in total. The van der Waals surface area contributed by atoms with Gasteiger partial charge in [0.05, 0.1) is 18.2 Å². The number of hydrogen-bond acceptors (Lipinski definition) is 3. The second-order valence-corrected chi connectivity index (χ2v) is 6.17. The maximum atomic E-state index is 13.1. The Morgan fingerprint density at radius 2 is 2.33 bits per heavy atom. The molecule has 0 radical (unpaired) electrons. The van der Waals surface area contributed by atoms with Gasteiger partial charge < -0.3 is 20.1 Å². The van der Waals surface area contributed by atoms with E-state index in [1.807, 2.05) is 0 Å². The lowest BCUT2D eigenvalue weighted by atomic mass is 10.1. The Bertz CT molecular complexity index is 537. The van der Waals surface area contributed by atoms with Gasteiger partial charge in [0, 0.05) is 39.3 Å². The molecule has 1 heterocycles. The molecule has 0 spiro atoms. The first kappa shape index (κ1) is 19.0. The van der Waals surface area contributed by atoms with Crippen LogP contribution in [0.2, 0.25) is 5.02 Å². The van der Waals surface area contributed by atoms with Crippen LogP contribution in [0.3, 0.4) is 0 Å². The molecule has 0 aromatic heterocycles. The highest BCUT2D eigenvalue weighted by atomic mass is 35.5. The van der Waals surface area contributed by atoms with Crippen LogP contribution in [0.4, 0.5) is 4.39 Å². The summed E-state index contributed by atoms with van der Waals surface area (Å²) < 4.78 is 24.1. The Balaban J connectivity index is 1.57. The normalized spacial score (nSPS) is 18.0. The Morgan fingerprint density at radius 1 is 1.46 bits per heavy atom. The summed E-state index contributed by atoms with van der Waals surface area (Å²) >= 11 is 5.77. The van der Waals surface area contributed by atoms with Gasteiger partial charge >= 0.3 is 0 Å². The van der Waals surface area contributed by atoms with E-state index in [1.54, 1.807) is 19.2 Å². The summed E-state index contributed by atoms with van der Waals surface area (Å²) in [5.74, 6) is 0.835. The van der Waals surface area contributed by atoms with E-state index < -0.39 is 5.82 Å². The molecule has 1 aliphatic heterocycles. The van der Waals surface area contributed by atoms with Gasteiger partial charge in [0.1, 0.15) is 5.82 Å². The largest absolute Gasteiger partial charge is 0.381 e. The van der Waals surface area contributed by atoms with E-state index >= 15 is 0 Å². The van der Waals surface area contributed by atoms with E-state index in [1.165, 1.54) is 6.07 Å². The van der Waals surface area contributed by atoms with Crippen LogP contribution in [0.1, 0.15) is 18.4 Å². The minimum absolute atomic E-state index is 0.127. The van der Waals surface area contributed by atoms with Crippen LogP contribution < -0.4 is 10.6 Å². The van der Waals surface area contributed by atoms with E-state index in [2.05, 4.69) is 15.6 Å². The van der Waals surface area contributed by atoms with E-state index in [-0.39, 0.29) is 5.02 Å². The van der Waals surface area contributed by atoms with Crippen LogP contribution in [0.5, 0.6) is 0 Å². The number of aliphatic imine (C=N–C) groups is 1. The number of benzene rings is 1. The monoisotopic (exact) mass is 357 g/mol. The molecule has 1 fully saturated rings. The summed E-state index contributed by atoms with van der Waals surface area (Å²) in [7, 11) is 1.71. The maximum Gasteiger partial charge on any atom is 0.191 e. The number of hydrogen-bond donors (Lipinski definition) is 2.